The fraction of sp³-hybridized carbons (Fsp3) is 0.538. The summed E-state index contributed by atoms with van der Waals surface area (Å²) in [4.78, 5) is 2.48. The Balaban J connectivity index is 2.06. The zero-order chi connectivity index (χ0) is 11.8. The number of hydrogen-bond donors (Lipinski definition) is 1. The zero-order valence-corrected chi connectivity index (χ0v) is 10.3. The van der Waals surface area contributed by atoms with E-state index in [1.165, 1.54) is 18.5 Å². The molecule has 0 radical (unpaired) electrons. The predicted molar refractivity (Wildman–Crippen MR) is 68.4 cm³/mol. The summed E-state index contributed by atoms with van der Waals surface area (Å²) in [6.45, 7) is 2.18. The Kier molecular flexibility index (Phi) is 2.50. The highest BCUT2D eigenvalue weighted by molar-refractivity contribution is 5.77. The Morgan fingerprint density at radius 3 is 2.76 bits per heavy atom. The molecule has 2 heterocycles. The summed E-state index contributed by atoms with van der Waals surface area (Å²) in [6, 6.07) is 4.75. The number of benzene rings is 1. The third kappa shape index (κ3) is 1.59. The summed E-state index contributed by atoms with van der Waals surface area (Å²) in [5.74, 6) is 1.59. The van der Waals surface area contributed by atoms with Gasteiger partial charge in [-0.2, -0.15) is 0 Å². The van der Waals surface area contributed by atoms with Gasteiger partial charge in [-0.1, -0.05) is 0 Å². The molecular formula is C13H18N2O2. The van der Waals surface area contributed by atoms with Crippen molar-refractivity contribution < 1.29 is 9.47 Å². The van der Waals surface area contributed by atoms with Crippen LogP contribution in [-0.4, -0.2) is 33.4 Å². The maximum Gasteiger partial charge on any atom is 0.162 e. The highest BCUT2D eigenvalue weighted by Gasteiger charge is 2.31. The molecule has 4 heteroatoms. The number of nitrogens with one attached hydrogen (secondary N) is 1. The van der Waals surface area contributed by atoms with Gasteiger partial charge in [0.1, 0.15) is 0 Å². The average molecular weight is 234 g/mol. The van der Waals surface area contributed by atoms with Crippen LogP contribution >= 0.6 is 0 Å². The number of anilines is 2. The van der Waals surface area contributed by atoms with Crippen LogP contribution in [0.4, 0.5) is 11.4 Å². The third-order valence-corrected chi connectivity index (χ3v) is 3.72. The maximum atomic E-state index is 5.37. The quantitative estimate of drug-likeness (QED) is 0.849. The summed E-state index contributed by atoms with van der Waals surface area (Å²) < 4.78 is 10.7. The minimum atomic E-state index is 0.639. The molecule has 0 amide bonds. The van der Waals surface area contributed by atoms with Crippen molar-refractivity contribution in [3.05, 3.63) is 12.1 Å². The first-order valence-electron chi connectivity index (χ1n) is 6.10. The summed E-state index contributed by atoms with van der Waals surface area (Å²) >= 11 is 0. The van der Waals surface area contributed by atoms with E-state index in [4.69, 9.17) is 9.47 Å². The summed E-state index contributed by atoms with van der Waals surface area (Å²) in [5, 5.41) is 3.48. The zero-order valence-electron chi connectivity index (χ0n) is 10.3. The molecule has 4 nitrogen and oxygen atoms in total. The highest BCUT2D eigenvalue weighted by atomic mass is 16.5. The second-order valence-electron chi connectivity index (χ2n) is 4.59. The molecule has 2 aliphatic heterocycles. The topological polar surface area (TPSA) is 33.7 Å². The molecule has 1 N–H and O–H groups in total. The lowest BCUT2D eigenvalue weighted by Crippen LogP contribution is -2.39. The van der Waals surface area contributed by atoms with Crippen molar-refractivity contribution in [2.75, 3.05) is 37.5 Å². The normalized spacial score (nSPS) is 21.5. The van der Waals surface area contributed by atoms with Crippen molar-refractivity contribution in [3.8, 4) is 11.5 Å². The molecule has 0 bridgehead atoms. The lowest BCUT2D eigenvalue weighted by molar-refractivity contribution is 0.355. The predicted octanol–water partition coefficient (Wildman–Crippen LogP) is 2.10. The SMILES string of the molecule is COc1cc2c(cc1OC)N1CCC[C@H]1CN2. The van der Waals surface area contributed by atoms with E-state index in [1.807, 2.05) is 6.07 Å². The molecule has 2 aliphatic rings. The Hall–Kier alpha value is -1.58. The van der Waals surface area contributed by atoms with Crippen LogP contribution < -0.4 is 19.7 Å². The molecule has 1 atom stereocenters. The van der Waals surface area contributed by atoms with Crippen LogP contribution in [0.5, 0.6) is 11.5 Å². The second-order valence-corrected chi connectivity index (χ2v) is 4.59. The van der Waals surface area contributed by atoms with Crippen LogP contribution in [0.15, 0.2) is 12.1 Å². The number of methoxy groups -OCH3 is 2. The number of hydrogen-bond acceptors (Lipinski definition) is 4. The Morgan fingerprint density at radius 1 is 1.24 bits per heavy atom. The smallest absolute Gasteiger partial charge is 0.162 e. The molecule has 17 heavy (non-hydrogen) atoms. The highest BCUT2D eigenvalue weighted by Crippen LogP contribution is 2.42. The molecule has 0 aliphatic carbocycles. The van der Waals surface area contributed by atoms with Crippen LogP contribution in [0.3, 0.4) is 0 Å². The van der Waals surface area contributed by atoms with Gasteiger partial charge in [0, 0.05) is 31.3 Å². The van der Waals surface area contributed by atoms with Gasteiger partial charge in [0.15, 0.2) is 11.5 Å². The molecule has 3 rings (SSSR count). The van der Waals surface area contributed by atoms with Crippen LogP contribution in [0.25, 0.3) is 0 Å². The largest absolute Gasteiger partial charge is 0.493 e. The van der Waals surface area contributed by atoms with Crippen LogP contribution in [0.1, 0.15) is 12.8 Å². The molecule has 1 saturated heterocycles. The van der Waals surface area contributed by atoms with E-state index in [-0.39, 0.29) is 0 Å². The molecule has 1 fully saturated rings. The van der Waals surface area contributed by atoms with Crippen molar-refractivity contribution in [1.29, 1.82) is 0 Å². The average Bonchev–Trinajstić information content (AvgIpc) is 2.85. The van der Waals surface area contributed by atoms with Crippen molar-refractivity contribution in [3.63, 3.8) is 0 Å². The van der Waals surface area contributed by atoms with Crippen molar-refractivity contribution in [1.82, 2.24) is 0 Å². The summed E-state index contributed by atoms with van der Waals surface area (Å²) in [7, 11) is 3.35. The molecule has 0 saturated carbocycles. The van der Waals surface area contributed by atoms with Gasteiger partial charge in [-0.3, -0.25) is 0 Å². The van der Waals surface area contributed by atoms with E-state index in [0.29, 0.717) is 6.04 Å². The minimum absolute atomic E-state index is 0.639. The molecular weight excluding hydrogens is 216 g/mol. The van der Waals surface area contributed by atoms with Gasteiger partial charge in [0.2, 0.25) is 0 Å². The Morgan fingerprint density at radius 2 is 2.00 bits per heavy atom. The van der Waals surface area contributed by atoms with Gasteiger partial charge >= 0.3 is 0 Å². The van der Waals surface area contributed by atoms with Crippen molar-refractivity contribution in [2.45, 2.75) is 18.9 Å². The van der Waals surface area contributed by atoms with Crippen LogP contribution in [0, 0.1) is 0 Å². The lowest BCUT2D eigenvalue weighted by atomic mass is 10.1. The molecule has 1 aromatic rings. The third-order valence-electron chi connectivity index (χ3n) is 3.72. The van der Waals surface area contributed by atoms with E-state index in [1.54, 1.807) is 14.2 Å². The van der Waals surface area contributed by atoms with E-state index in [9.17, 15) is 0 Å². The maximum absolute atomic E-state index is 5.37. The van der Waals surface area contributed by atoms with Gasteiger partial charge < -0.3 is 19.7 Å². The molecule has 0 unspecified atom stereocenters. The second kappa shape index (κ2) is 4.02. The van der Waals surface area contributed by atoms with Crippen molar-refractivity contribution >= 4 is 11.4 Å². The monoisotopic (exact) mass is 234 g/mol. The Labute approximate surface area is 102 Å². The summed E-state index contributed by atoms with van der Waals surface area (Å²) in [5.41, 5.74) is 2.40. The number of fused-ring (bicyclic) bond motifs is 3. The van der Waals surface area contributed by atoms with Crippen LogP contribution in [-0.2, 0) is 0 Å². The number of rotatable bonds is 2. The molecule has 0 spiro atoms. The first-order valence-corrected chi connectivity index (χ1v) is 6.10. The molecule has 92 valence electrons. The van der Waals surface area contributed by atoms with E-state index in [0.717, 1.165) is 30.3 Å². The number of nitrogens with zero attached hydrogens (tertiary/aromatic N) is 1. The fourth-order valence-electron chi connectivity index (χ4n) is 2.84. The van der Waals surface area contributed by atoms with Gasteiger partial charge in [0.25, 0.3) is 0 Å². The van der Waals surface area contributed by atoms with E-state index < -0.39 is 0 Å². The van der Waals surface area contributed by atoms with Gasteiger partial charge in [-0.05, 0) is 12.8 Å². The van der Waals surface area contributed by atoms with Gasteiger partial charge in [0.05, 0.1) is 25.6 Å². The minimum Gasteiger partial charge on any atom is -0.493 e. The lowest BCUT2D eigenvalue weighted by Gasteiger charge is -2.35. The fourth-order valence-corrected chi connectivity index (χ4v) is 2.84. The van der Waals surface area contributed by atoms with Gasteiger partial charge in [-0.25, -0.2) is 0 Å². The first kappa shape index (κ1) is 10.6. The first-order chi connectivity index (χ1) is 8.33. The Bertz CT molecular complexity index is 434. The van der Waals surface area contributed by atoms with Crippen molar-refractivity contribution in [2.24, 2.45) is 0 Å². The number of ether oxygens (including phenoxy) is 2. The molecule has 0 aromatic heterocycles. The standard InChI is InChI=1S/C13H18N2O2/c1-16-12-6-10-11(7-13(12)17-2)15-5-3-4-9(15)8-14-10/h6-7,9,14H,3-5,8H2,1-2H3/t9-/m0/s1. The van der Waals surface area contributed by atoms with E-state index >= 15 is 0 Å². The summed E-state index contributed by atoms with van der Waals surface area (Å²) in [6.07, 6.45) is 2.56. The molecule has 1 aromatic carbocycles. The van der Waals surface area contributed by atoms with Crippen LogP contribution in [0.2, 0.25) is 0 Å². The van der Waals surface area contributed by atoms with E-state index in [2.05, 4.69) is 16.3 Å². The van der Waals surface area contributed by atoms with Gasteiger partial charge in [-0.15, -0.1) is 0 Å².